The SMILES string of the molecule is Cc1ccc(NC(=O)CN(c2ccnn2C(C)C)S(=O)(=O)c2ccccc2)cc1C. The van der Waals surface area contributed by atoms with E-state index < -0.39 is 15.9 Å². The van der Waals surface area contributed by atoms with Crippen LogP contribution in [-0.2, 0) is 14.8 Å². The third kappa shape index (κ3) is 4.54. The van der Waals surface area contributed by atoms with Crippen molar-refractivity contribution < 1.29 is 13.2 Å². The van der Waals surface area contributed by atoms with Crippen molar-refractivity contribution in [3.63, 3.8) is 0 Å². The molecule has 0 bridgehead atoms. The Bertz CT molecular complexity index is 1140. The molecule has 8 heteroatoms. The van der Waals surface area contributed by atoms with Crippen LogP contribution in [0.4, 0.5) is 11.5 Å². The van der Waals surface area contributed by atoms with E-state index in [-0.39, 0.29) is 17.5 Å². The summed E-state index contributed by atoms with van der Waals surface area (Å²) in [6.07, 6.45) is 1.53. The van der Waals surface area contributed by atoms with Gasteiger partial charge < -0.3 is 5.32 Å². The van der Waals surface area contributed by atoms with E-state index in [9.17, 15) is 13.2 Å². The van der Waals surface area contributed by atoms with E-state index in [0.29, 0.717) is 11.5 Å². The Kier molecular flexibility index (Phi) is 6.26. The van der Waals surface area contributed by atoms with Crippen molar-refractivity contribution in [2.24, 2.45) is 0 Å². The Morgan fingerprint density at radius 3 is 2.40 bits per heavy atom. The molecule has 0 atom stereocenters. The first-order valence-corrected chi connectivity index (χ1v) is 11.1. The van der Waals surface area contributed by atoms with Gasteiger partial charge in [0, 0.05) is 17.8 Å². The molecule has 3 rings (SSSR count). The van der Waals surface area contributed by atoms with Gasteiger partial charge in [0.1, 0.15) is 12.4 Å². The lowest BCUT2D eigenvalue weighted by molar-refractivity contribution is -0.114. The molecule has 0 saturated carbocycles. The third-order valence-corrected chi connectivity index (χ3v) is 6.57. The Morgan fingerprint density at radius 1 is 1.07 bits per heavy atom. The van der Waals surface area contributed by atoms with Gasteiger partial charge in [0.2, 0.25) is 5.91 Å². The standard InChI is InChI=1S/C22H26N4O3S/c1-16(2)26-22(12-13-23-26)25(30(28,29)20-8-6-5-7-9-20)15-21(27)24-19-11-10-17(3)18(4)14-19/h5-14,16H,15H2,1-4H3,(H,24,27). The molecular weight excluding hydrogens is 400 g/mol. The molecule has 0 aliphatic rings. The molecule has 0 aliphatic carbocycles. The summed E-state index contributed by atoms with van der Waals surface area (Å²) >= 11 is 0. The van der Waals surface area contributed by atoms with Gasteiger partial charge in [0.15, 0.2) is 0 Å². The zero-order valence-corrected chi connectivity index (χ0v) is 18.3. The number of carbonyl (C=O) groups is 1. The van der Waals surface area contributed by atoms with Crippen LogP contribution >= 0.6 is 0 Å². The van der Waals surface area contributed by atoms with Crippen molar-refractivity contribution in [2.75, 3.05) is 16.2 Å². The number of rotatable bonds is 7. The number of sulfonamides is 1. The molecule has 1 N–H and O–H groups in total. The highest BCUT2D eigenvalue weighted by Gasteiger charge is 2.30. The van der Waals surface area contributed by atoms with Gasteiger partial charge in [-0.15, -0.1) is 0 Å². The number of anilines is 2. The smallest absolute Gasteiger partial charge is 0.265 e. The first-order chi connectivity index (χ1) is 14.2. The van der Waals surface area contributed by atoms with E-state index in [2.05, 4.69) is 10.4 Å². The normalized spacial score (nSPS) is 11.5. The van der Waals surface area contributed by atoms with Crippen LogP contribution in [0, 0.1) is 13.8 Å². The number of nitrogens with one attached hydrogen (secondary N) is 1. The topological polar surface area (TPSA) is 84.3 Å². The van der Waals surface area contributed by atoms with Crippen molar-refractivity contribution in [1.29, 1.82) is 0 Å². The Morgan fingerprint density at radius 2 is 1.77 bits per heavy atom. The molecular formula is C22H26N4O3S. The Balaban J connectivity index is 1.96. The van der Waals surface area contributed by atoms with Gasteiger partial charge in [0.25, 0.3) is 10.0 Å². The second kappa shape index (κ2) is 8.71. The molecule has 1 aromatic heterocycles. The minimum Gasteiger partial charge on any atom is -0.325 e. The highest BCUT2D eigenvalue weighted by molar-refractivity contribution is 7.92. The van der Waals surface area contributed by atoms with E-state index in [1.807, 2.05) is 39.8 Å². The molecule has 3 aromatic rings. The van der Waals surface area contributed by atoms with Crippen molar-refractivity contribution in [2.45, 2.75) is 38.6 Å². The van der Waals surface area contributed by atoms with E-state index >= 15 is 0 Å². The molecule has 0 saturated heterocycles. The van der Waals surface area contributed by atoms with E-state index in [0.717, 1.165) is 15.4 Å². The van der Waals surface area contributed by atoms with Gasteiger partial charge >= 0.3 is 0 Å². The summed E-state index contributed by atoms with van der Waals surface area (Å²) in [6.45, 7) is 7.38. The van der Waals surface area contributed by atoms with Crippen molar-refractivity contribution in [3.05, 3.63) is 71.9 Å². The molecule has 0 radical (unpaired) electrons. The van der Waals surface area contributed by atoms with Crippen LogP contribution in [0.15, 0.2) is 65.7 Å². The van der Waals surface area contributed by atoms with Crippen molar-refractivity contribution in [1.82, 2.24) is 9.78 Å². The summed E-state index contributed by atoms with van der Waals surface area (Å²) in [5.74, 6) is -0.0987. The molecule has 0 unspecified atom stereocenters. The first kappa shape index (κ1) is 21.6. The molecule has 1 heterocycles. The van der Waals surface area contributed by atoms with Crippen LogP contribution in [0.5, 0.6) is 0 Å². The number of hydrogen-bond acceptors (Lipinski definition) is 4. The van der Waals surface area contributed by atoms with Crippen LogP contribution < -0.4 is 9.62 Å². The number of nitrogens with zero attached hydrogens (tertiary/aromatic N) is 3. The number of benzene rings is 2. The number of aryl methyl sites for hydroxylation is 2. The maximum Gasteiger partial charge on any atom is 0.265 e. The van der Waals surface area contributed by atoms with E-state index in [4.69, 9.17) is 0 Å². The third-order valence-electron chi connectivity index (χ3n) is 4.80. The summed E-state index contributed by atoms with van der Waals surface area (Å²) < 4.78 is 29.5. The molecule has 1 amide bonds. The van der Waals surface area contributed by atoms with E-state index in [1.54, 1.807) is 35.0 Å². The summed E-state index contributed by atoms with van der Waals surface area (Å²) in [5.41, 5.74) is 2.78. The number of hydrogen-bond donors (Lipinski definition) is 1. The zero-order valence-electron chi connectivity index (χ0n) is 17.5. The maximum atomic E-state index is 13.4. The van der Waals surface area contributed by atoms with Gasteiger partial charge in [-0.1, -0.05) is 24.3 Å². The van der Waals surface area contributed by atoms with Crippen molar-refractivity contribution in [3.8, 4) is 0 Å². The summed E-state index contributed by atoms with van der Waals surface area (Å²) in [4.78, 5) is 12.9. The fraction of sp³-hybridized carbons (Fsp3) is 0.273. The fourth-order valence-corrected chi connectivity index (χ4v) is 4.50. The lowest BCUT2D eigenvalue weighted by atomic mass is 10.1. The van der Waals surface area contributed by atoms with Crippen LogP contribution in [-0.4, -0.2) is 30.7 Å². The lowest BCUT2D eigenvalue weighted by Gasteiger charge is -2.25. The fourth-order valence-electron chi connectivity index (χ4n) is 3.06. The molecule has 0 fully saturated rings. The molecule has 2 aromatic carbocycles. The largest absolute Gasteiger partial charge is 0.325 e. The quantitative estimate of drug-likeness (QED) is 0.621. The monoisotopic (exact) mass is 426 g/mol. The molecule has 158 valence electrons. The predicted octanol–water partition coefficient (Wildman–Crippen LogP) is 3.91. The van der Waals surface area contributed by atoms with Gasteiger partial charge in [0.05, 0.1) is 11.1 Å². The number of aromatic nitrogens is 2. The molecule has 30 heavy (non-hydrogen) atoms. The first-order valence-electron chi connectivity index (χ1n) is 9.68. The minimum atomic E-state index is -3.97. The maximum absolute atomic E-state index is 13.4. The second-order valence-electron chi connectivity index (χ2n) is 7.40. The molecule has 0 aliphatic heterocycles. The van der Waals surface area contributed by atoms with Crippen LogP contribution in [0.2, 0.25) is 0 Å². The lowest BCUT2D eigenvalue weighted by Crippen LogP contribution is -2.39. The minimum absolute atomic E-state index is 0.0775. The average molecular weight is 427 g/mol. The van der Waals surface area contributed by atoms with Crippen molar-refractivity contribution >= 4 is 27.4 Å². The van der Waals surface area contributed by atoms with Gasteiger partial charge in [-0.3, -0.25) is 4.79 Å². The second-order valence-corrected chi connectivity index (χ2v) is 9.26. The number of amides is 1. The molecule has 0 spiro atoms. The highest BCUT2D eigenvalue weighted by atomic mass is 32.2. The summed E-state index contributed by atoms with van der Waals surface area (Å²) in [6, 6.07) is 15.2. The summed E-state index contributed by atoms with van der Waals surface area (Å²) in [7, 11) is -3.97. The predicted molar refractivity (Wildman–Crippen MR) is 118 cm³/mol. The van der Waals surface area contributed by atoms with Gasteiger partial charge in [-0.25, -0.2) is 17.4 Å². The Labute approximate surface area is 177 Å². The number of carbonyl (C=O) groups excluding carboxylic acids is 1. The highest BCUT2D eigenvalue weighted by Crippen LogP contribution is 2.26. The Hall–Kier alpha value is -3.13. The van der Waals surface area contributed by atoms with Gasteiger partial charge in [-0.2, -0.15) is 5.10 Å². The van der Waals surface area contributed by atoms with Crippen LogP contribution in [0.1, 0.15) is 31.0 Å². The zero-order chi connectivity index (χ0) is 21.9. The van der Waals surface area contributed by atoms with Crippen LogP contribution in [0.3, 0.4) is 0 Å². The molecule has 7 nitrogen and oxygen atoms in total. The van der Waals surface area contributed by atoms with Gasteiger partial charge in [-0.05, 0) is 63.1 Å². The summed E-state index contributed by atoms with van der Waals surface area (Å²) in [5, 5.41) is 7.04. The average Bonchev–Trinajstić information content (AvgIpc) is 3.19. The van der Waals surface area contributed by atoms with E-state index in [1.165, 1.54) is 18.3 Å². The van der Waals surface area contributed by atoms with Crippen LogP contribution in [0.25, 0.3) is 0 Å².